The standard InChI is InChI=1S/C14H28N2O2/c1-13(2)8-11(9-14(3,4)15(13)5)16(6,7)10-12(17)18/h11H,8-10H2,1-7H3/p+1. The first-order valence-corrected chi connectivity index (χ1v) is 6.67. The van der Waals surface area contributed by atoms with E-state index in [-0.39, 0.29) is 17.6 Å². The molecule has 106 valence electrons. The van der Waals surface area contributed by atoms with Gasteiger partial charge in [0.15, 0.2) is 6.54 Å². The Labute approximate surface area is 111 Å². The topological polar surface area (TPSA) is 40.5 Å². The first-order chi connectivity index (χ1) is 7.88. The Hall–Kier alpha value is -0.610. The highest BCUT2D eigenvalue weighted by Crippen LogP contribution is 2.40. The lowest BCUT2D eigenvalue weighted by atomic mass is 9.76. The van der Waals surface area contributed by atoms with E-state index in [1.165, 1.54) is 0 Å². The molecule has 0 aromatic carbocycles. The molecule has 0 atom stereocenters. The summed E-state index contributed by atoms with van der Waals surface area (Å²) in [4.78, 5) is 13.4. The van der Waals surface area contributed by atoms with E-state index >= 15 is 0 Å². The van der Waals surface area contributed by atoms with Gasteiger partial charge in [0, 0.05) is 23.9 Å². The maximum Gasteiger partial charge on any atom is 0.359 e. The van der Waals surface area contributed by atoms with Crippen molar-refractivity contribution in [2.75, 3.05) is 27.7 Å². The summed E-state index contributed by atoms with van der Waals surface area (Å²) >= 11 is 0. The summed E-state index contributed by atoms with van der Waals surface area (Å²) < 4.78 is 0.566. The molecule has 0 radical (unpaired) electrons. The van der Waals surface area contributed by atoms with Gasteiger partial charge < -0.3 is 9.59 Å². The molecule has 0 bridgehead atoms. The van der Waals surface area contributed by atoms with Gasteiger partial charge >= 0.3 is 5.97 Å². The number of piperidine rings is 1. The SMILES string of the molecule is CN1C(C)(C)CC([N+](C)(C)CC(=O)O)CC1(C)C. The fourth-order valence-corrected chi connectivity index (χ4v) is 3.29. The number of carboxylic acid groups (broad SMARTS) is 1. The molecular formula is C14H29N2O2+. The molecule has 1 heterocycles. The van der Waals surface area contributed by atoms with Gasteiger partial charge in [-0.3, -0.25) is 4.90 Å². The van der Waals surface area contributed by atoms with Gasteiger partial charge in [0.05, 0.1) is 20.1 Å². The van der Waals surface area contributed by atoms with Crippen molar-refractivity contribution in [2.24, 2.45) is 0 Å². The van der Waals surface area contributed by atoms with Crippen molar-refractivity contribution >= 4 is 5.97 Å². The van der Waals surface area contributed by atoms with E-state index < -0.39 is 5.97 Å². The molecule has 1 rings (SSSR count). The summed E-state index contributed by atoms with van der Waals surface area (Å²) in [5.74, 6) is -0.713. The maximum atomic E-state index is 11.0. The smallest absolute Gasteiger partial charge is 0.359 e. The van der Waals surface area contributed by atoms with Crippen LogP contribution in [-0.2, 0) is 4.79 Å². The highest BCUT2D eigenvalue weighted by Gasteiger charge is 2.48. The Morgan fingerprint density at radius 1 is 1.22 bits per heavy atom. The van der Waals surface area contributed by atoms with Crippen molar-refractivity contribution in [1.82, 2.24) is 4.90 Å². The van der Waals surface area contributed by atoms with E-state index in [2.05, 4.69) is 39.6 Å². The summed E-state index contributed by atoms with van der Waals surface area (Å²) in [7, 11) is 6.25. The summed E-state index contributed by atoms with van der Waals surface area (Å²) in [5.41, 5.74) is 0.223. The van der Waals surface area contributed by atoms with Crippen molar-refractivity contribution in [3.63, 3.8) is 0 Å². The number of likely N-dealkylation sites (tertiary alicyclic amines) is 1. The van der Waals surface area contributed by atoms with E-state index in [1.807, 2.05) is 14.1 Å². The third kappa shape index (κ3) is 3.04. The number of carbonyl (C=O) groups is 1. The van der Waals surface area contributed by atoms with E-state index in [0.29, 0.717) is 10.5 Å². The van der Waals surface area contributed by atoms with Crippen LogP contribution in [0, 0.1) is 0 Å². The Kier molecular flexibility index (Phi) is 3.86. The first-order valence-electron chi connectivity index (χ1n) is 6.67. The van der Waals surface area contributed by atoms with Crippen molar-refractivity contribution in [3.8, 4) is 0 Å². The van der Waals surface area contributed by atoms with Crippen LogP contribution < -0.4 is 0 Å². The van der Waals surface area contributed by atoms with Crippen LogP contribution >= 0.6 is 0 Å². The molecule has 0 spiro atoms. The number of hydrogen-bond donors (Lipinski definition) is 1. The molecule has 0 saturated carbocycles. The van der Waals surface area contributed by atoms with Crippen LogP contribution in [0.25, 0.3) is 0 Å². The molecule has 18 heavy (non-hydrogen) atoms. The number of rotatable bonds is 3. The molecule has 0 amide bonds. The van der Waals surface area contributed by atoms with Crippen molar-refractivity contribution in [1.29, 1.82) is 0 Å². The molecule has 0 aliphatic carbocycles. The van der Waals surface area contributed by atoms with Crippen molar-refractivity contribution in [2.45, 2.75) is 57.7 Å². The van der Waals surface area contributed by atoms with Gasteiger partial charge in [0.25, 0.3) is 0 Å². The summed E-state index contributed by atoms with van der Waals surface area (Å²) in [6.07, 6.45) is 2.07. The Balaban J connectivity index is 2.96. The number of nitrogens with zero attached hydrogens (tertiary/aromatic N) is 2. The Morgan fingerprint density at radius 3 is 1.94 bits per heavy atom. The third-order valence-electron chi connectivity index (χ3n) is 4.82. The number of likely N-dealkylation sites (N-methyl/N-ethyl adjacent to an activating group) is 1. The van der Waals surface area contributed by atoms with Gasteiger partial charge in [0.1, 0.15) is 0 Å². The number of quaternary nitrogens is 1. The second kappa shape index (κ2) is 4.49. The number of aliphatic carboxylic acids is 1. The van der Waals surface area contributed by atoms with Gasteiger partial charge in [-0.1, -0.05) is 0 Å². The van der Waals surface area contributed by atoms with Crippen LogP contribution in [-0.4, -0.2) is 65.3 Å². The zero-order valence-corrected chi connectivity index (χ0v) is 12.9. The minimum absolute atomic E-state index is 0.112. The number of carboxylic acids is 1. The van der Waals surface area contributed by atoms with Gasteiger partial charge in [-0.05, 0) is 34.7 Å². The molecule has 0 unspecified atom stereocenters. The molecule has 0 aromatic rings. The van der Waals surface area contributed by atoms with Gasteiger partial charge in [-0.15, -0.1) is 0 Å². The molecular weight excluding hydrogens is 228 g/mol. The van der Waals surface area contributed by atoms with Crippen LogP contribution in [0.1, 0.15) is 40.5 Å². The van der Waals surface area contributed by atoms with Gasteiger partial charge in [-0.25, -0.2) is 4.79 Å². The lowest BCUT2D eigenvalue weighted by Crippen LogP contribution is -2.66. The van der Waals surface area contributed by atoms with E-state index in [1.54, 1.807) is 0 Å². The zero-order chi connectivity index (χ0) is 14.4. The van der Waals surface area contributed by atoms with E-state index in [4.69, 9.17) is 5.11 Å². The van der Waals surface area contributed by atoms with E-state index in [0.717, 1.165) is 12.8 Å². The maximum absolute atomic E-state index is 11.0. The van der Waals surface area contributed by atoms with Crippen LogP contribution in [0.4, 0.5) is 0 Å². The molecule has 1 N–H and O–H groups in total. The second-order valence-electron chi connectivity index (χ2n) is 7.58. The van der Waals surface area contributed by atoms with Crippen LogP contribution in [0.5, 0.6) is 0 Å². The first kappa shape index (κ1) is 15.4. The van der Waals surface area contributed by atoms with Crippen LogP contribution in [0.3, 0.4) is 0 Å². The molecule has 1 aliphatic rings. The van der Waals surface area contributed by atoms with Crippen LogP contribution in [0.15, 0.2) is 0 Å². The number of hydrogen-bond acceptors (Lipinski definition) is 2. The zero-order valence-electron chi connectivity index (χ0n) is 12.9. The van der Waals surface area contributed by atoms with Crippen LogP contribution in [0.2, 0.25) is 0 Å². The molecule has 0 aromatic heterocycles. The van der Waals surface area contributed by atoms with E-state index in [9.17, 15) is 4.79 Å². The molecule has 1 saturated heterocycles. The summed E-state index contributed by atoms with van der Waals surface area (Å²) in [6, 6.07) is 0.391. The lowest BCUT2D eigenvalue weighted by Gasteiger charge is -2.56. The molecule has 1 aliphatic heterocycles. The lowest BCUT2D eigenvalue weighted by molar-refractivity contribution is -0.911. The fourth-order valence-electron chi connectivity index (χ4n) is 3.29. The summed E-state index contributed by atoms with van der Waals surface area (Å²) in [5, 5.41) is 9.07. The van der Waals surface area contributed by atoms with Crippen molar-refractivity contribution < 1.29 is 14.4 Å². The predicted octanol–water partition coefficient (Wildman–Crippen LogP) is 1.80. The minimum atomic E-state index is -0.713. The largest absolute Gasteiger partial charge is 0.477 e. The fraction of sp³-hybridized carbons (Fsp3) is 0.929. The highest BCUT2D eigenvalue weighted by molar-refractivity contribution is 5.67. The predicted molar refractivity (Wildman–Crippen MR) is 73.6 cm³/mol. The Bertz CT molecular complexity index is 317. The average molecular weight is 257 g/mol. The molecule has 1 fully saturated rings. The molecule has 4 nitrogen and oxygen atoms in total. The van der Waals surface area contributed by atoms with Gasteiger partial charge in [-0.2, -0.15) is 0 Å². The average Bonchev–Trinajstić information content (AvgIpc) is 2.10. The quantitative estimate of drug-likeness (QED) is 0.784. The minimum Gasteiger partial charge on any atom is -0.477 e. The van der Waals surface area contributed by atoms with Crippen molar-refractivity contribution in [3.05, 3.63) is 0 Å². The highest BCUT2D eigenvalue weighted by atomic mass is 16.4. The normalized spacial score (nSPS) is 25.1. The van der Waals surface area contributed by atoms with Gasteiger partial charge in [0.2, 0.25) is 0 Å². The molecule has 4 heteroatoms. The second-order valence-corrected chi connectivity index (χ2v) is 7.58. The summed E-state index contributed by atoms with van der Waals surface area (Å²) in [6.45, 7) is 9.20. The Morgan fingerprint density at radius 2 is 1.61 bits per heavy atom. The monoisotopic (exact) mass is 257 g/mol. The third-order valence-corrected chi connectivity index (χ3v) is 4.82.